The minimum atomic E-state index is 0. The zero-order valence-corrected chi connectivity index (χ0v) is 49.3. The van der Waals surface area contributed by atoms with Gasteiger partial charge >= 0.3 is 16.5 Å². The fourth-order valence-corrected chi connectivity index (χ4v) is 10.0. The Kier molecular flexibility index (Phi) is 43.8. The molecule has 402 valence electrons. The normalized spacial score (nSPS) is 12.4. The van der Waals surface area contributed by atoms with Crippen LogP contribution in [-0.2, 0) is 35.8 Å². The van der Waals surface area contributed by atoms with E-state index in [9.17, 15) is 5.53 Å². The molecular formula is C65H112N4Ni. The fourth-order valence-electron chi connectivity index (χ4n) is 10.0. The minimum absolute atomic E-state index is 0. The number of benzene rings is 2. The predicted molar refractivity (Wildman–Crippen MR) is 311 cm³/mol. The molecule has 0 saturated carbocycles. The van der Waals surface area contributed by atoms with E-state index in [1.54, 1.807) is 38.5 Å². The summed E-state index contributed by atoms with van der Waals surface area (Å²) in [7, 11) is 7.00. The summed E-state index contributed by atoms with van der Waals surface area (Å²) < 4.78 is 1.64. The molecule has 0 atom stereocenters. The van der Waals surface area contributed by atoms with Crippen LogP contribution in [0.3, 0.4) is 0 Å². The van der Waals surface area contributed by atoms with Gasteiger partial charge in [-0.05, 0) is 143 Å². The van der Waals surface area contributed by atoms with Crippen molar-refractivity contribution in [3.8, 4) is 0 Å². The third kappa shape index (κ3) is 27.6. The van der Waals surface area contributed by atoms with Gasteiger partial charge in [0.05, 0.1) is 5.57 Å². The van der Waals surface area contributed by atoms with E-state index in [1.807, 2.05) is 0 Å². The van der Waals surface area contributed by atoms with Crippen molar-refractivity contribution >= 4 is 11.4 Å². The zero-order valence-electron chi connectivity index (χ0n) is 48.3. The first-order valence-electron chi connectivity index (χ1n) is 29.5. The van der Waals surface area contributed by atoms with Crippen molar-refractivity contribution in [1.29, 1.82) is 0 Å². The zero-order chi connectivity index (χ0) is 50.9. The number of rotatable bonds is 38. The maximum Gasteiger partial charge on any atom is 2.00 e. The van der Waals surface area contributed by atoms with Gasteiger partial charge in [-0.15, -0.1) is 0 Å². The molecule has 1 heterocycles. The van der Waals surface area contributed by atoms with Gasteiger partial charge in [-0.3, -0.25) is 0 Å². The van der Waals surface area contributed by atoms with Crippen LogP contribution in [0, 0.1) is 20.8 Å². The van der Waals surface area contributed by atoms with E-state index in [4.69, 9.17) is 0 Å². The van der Waals surface area contributed by atoms with E-state index in [0.717, 1.165) is 55.5 Å². The summed E-state index contributed by atoms with van der Waals surface area (Å²) in [5, 5.41) is 7.00. The summed E-state index contributed by atoms with van der Waals surface area (Å²) in [6.45, 7) is 18.3. The number of allylic oxidation sites excluding steroid dienone is 4. The second kappa shape index (κ2) is 45.3. The van der Waals surface area contributed by atoms with Gasteiger partial charge < -0.3 is 16.2 Å². The second-order valence-electron chi connectivity index (χ2n) is 20.8. The van der Waals surface area contributed by atoms with Crippen molar-refractivity contribution in [3.05, 3.63) is 108 Å². The predicted octanol–water partition coefficient (Wildman–Crippen LogP) is 21.8. The van der Waals surface area contributed by atoms with Crippen molar-refractivity contribution < 1.29 is 21.2 Å². The molecule has 0 spiro atoms. The SMILES string of the molecule is CCCCCCCCCCCCCCCCCCCCC=CC1=C(c2cc(CCCC)c(CCCC)c(CCCC)c2)[N+](=[N-])C(c2cc(C)c(C)c(C)c2)=C1CCCCCCCC.C[N-]C.C[N-]C.[Ni+2]. The number of hydrogen-bond donors (Lipinski definition) is 0. The van der Waals surface area contributed by atoms with Crippen LogP contribution >= 0.6 is 0 Å². The average molecular weight is 1010 g/mol. The van der Waals surface area contributed by atoms with Crippen molar-refractivity contribution in [2.45, 2.75) is 280 Å². The molecule has 0 N–H and O–H groups in total. The summed E-state index contributed by atoms with van der Waals surface area (Å²) >= 11 is 0. The van der Waals surface area contributed by atoms with Crippen molar-refractivity contribution in [2.24, 2.45) is 0 Å². The monoisotopic (exact) mass is 1010 g/mol. The molecule has 0 bridgehead atoms. The average Bonchev–Trinajstić information content (AvgIpc) is 3.61. The van der Waals surface area contributed by atoms with Crippen LogP contribution < -0.4 is 0 Å². The van der Waals surface area contributed by atoms with Gasteiger partial charge in [0.2, 0.25) is 11.4 Å². The first-order chi connectivity index (χ1) is 33.6. The molecular weight excluding hydrogens is 895 g/mol. The Hall–Kier alpha value is -2.33. The van der Waals surface area contributed by atoms with Gasteiger partial charge in [-0.25, -0.2) is 4.70 Å². The van der Waals surface area contributed by atoms with Crippen LogP contribution in [-0.4, -0.2) is 32.9 Å². The molecule has 0 amide bonds. The molecule has 0 aliphatic carbocycles. The first kappa shape index (κ1) is 67.7. The third-order valence-electron chi connectivity index (χ3n) is 14.4. The van der Waals surface area contributed by atoms with Gasteiger partial charge in [-0.1, -0.05) is 207 Å². The molecule has 3 rings (SSSR count). The third-order valence-corrected chi connectivity index (χ3v) is 14.4. The molecule has 0 radical (unpaired) electrons. The molecule has 1 aliphatic rings. The molecule has 2 aromatic carbocycles. The van der Waals surface area contributed by atoms with E-state index in [-0.39, 0.29) is 16.5 Å². The molecule has 0 unspecified atom stereocenters. The van der Waals surface area contributed by atoms with Gasteiger partial charge in [0.15, 0.2) is 0 Å². The summed E-state index contributed by atoms with van der Waals surface area (Å²) in [5.74, 6) is 0. The maximum absolute atomic E-state index is 12.7. The topological polar surface area (TPSA) is 53.5 Å². The number of aryl methyl sites for hydroxylation is 4. The molecule has 0 fully saturated rings. The summed E-state index contributed by atoms with van der Waals surface area (Å²) in [5.41, 5.74) is 28.3. The molecule has 4 nitrogen and oxygen atoms in total. The second-order valence-corrected chi connectivity index (χ2v) is 20.8. The van der Waals surface area contributed by atoms with E-state index < -0.39 is 0 Å². The Balaban J connectivity index is 0.00000645. The van der Waals surface area contributed by atoms with Crippen LogP contribution in [0.5, 0.6) is 0 Å². The molecule has 70 heavy (non-hydrogen) atoms. The molecule has 0 aromatic heterocycles. The Bertz CT molecular complexity index is 1660. The summed E-state index contributed by atoms with van der Waals surface area (Å²) in [4.78, 5) is 0. The summed E-state index contributed by atoms with van der Waals surface area (Å²) in [6.07, 6.45) is 50.7. The van der Waals surface area contributed by atoms with Gasteiger partial charge in [-0.2, -0.15) is 28.2 Å². The Morgan fingerprint density at radius 1 is 0.429 bits per heavy atom. The molecule has 1 aliphatic heterocycles. The number of unbranched alkanes of at least 4 members (excludes halogenated alkanes) is 26. The molecule has 5 heteroatoms. The quantitative estimate of drug-likeness (QED) is 0.0366. The van der Waals surface area contributed by atoms with E-state index in [2.05, 4.69) is 102 Å². The Morgan fingerprint density at radius 3 is 1.17 bits per heavy atom. The van der Waals surface area contributed by atoms with Gasteiger partial charge in [0.1, 0.15) is 0 Å². The summed E-state index contributed by atoms with van der Waals surface area (Å²) in [6, 6.07) is 9.66. The van der Waals surface area contributed by atoms with Gasteiger partial charge in [0.25, 0.3) is 0 Å². The Labute approximate surface area is 446 Å². The first-order valence-corrected chi connectivity index (χ1v) is 29.5. The van der Waals surface area contributed by atoms with Crippen LogP contribution in [0.4, 0.5) is 0 Å². The van der Waals surface area contributed by atoms with Crippen LogP contribution in [0.1, 0.15) is 285 Å². The maximum atomic E-state index is 12.7. The minimum Gasteiger partial charge on any atom is -0.668 e. The van der Waals surface area contributed by atoms with Crippen molar-refractivity contribution in [1.82, 2.24) is 0 Å². The van der Waals surface area contributed by atoms with Crippen LogP contribution in [0.15, 0.2) is 47.6 Å². The standard InChI is InChI=1S/C61H100N2.2C2H6N.Ni/c1-9-14-19-21-23-24-25-26-27-28-29-30-31-32-33-34-35-36-38-40-45-59-58(44-39-37-22-20-15-10-2)60(55-46-50(6)52(8)51(7)47-55)63(62)61(59)56-48-53(41-16-11-3)57(43-18-13-5)54(49-56)42-17-12-4;2*1-3-2;/h40,45-49H,9-39,41-44H2,1-8H3;2*1-2H3;/q;2*-1;+2. The molecule has 2 aromatic rings. The van der Waals surface area contributed by atoms with Crippen LogP contribution in [0.2, 0.25) is 0 Å². The number of hydrogen-bond acceptors (Lipinski definition) is 0. The van der Waals surface area contributed by atoms with Crippen molar-refractivity contribution in [2.75, 3.05) is 28.2 Å². The van der Waals surface area contributed by atoms with E-state index in [0.29, 0.717) is 0 Å². The largest absolute Gasteiger partial charge is 2.00 e. The number of nitrogens with zero attached hydrogens (tertiary/aromatic N) is 4. The smallest absolute Gasteiger partial charge is 0.668 e. The fraction of sp³-hybridized carbons (Fsp3) is 0.723. The van der Waals surface area contributed by atoms with Crippen LogP contribution in [0.25, 0.3) is 27.6 Å². The van der Waals surface area contributed by atoms with E-state index in [1.165, 1.54) is 231 Å². The van der Waals surface area contributed by atoms with Crippen molar-refractivity contribution in [3.63, 3.8) is 0 Å². The van der Waals surface area contributed by atoms with Gasteiger partial charge in [0, 0.05) is 16.7 Å². The molecule has 0 saturated heterocycles. The van der Waals surface area contributed by atoms with E-state index >= 15 is 0 Å². The Morgan fingerprint density at radius 2 is 0.771 bits per heavy atom.